The van der Waals surface area contributed by atoms with Crippen molar-refractivity contribution >= 4 is 22.8 Å². The summed E-state index contributed by atoms with van der Waals surface area (Å²) >= 11 is 0. The lowest BCUT2D eigenvalue weighted by molar-refractivity contribution is -0.133. The van der Waals surface area contributed by atoms with Gasteiger partial charge in [-0.05, 0) is 48.1 Å². The van der Waals surface area contributed by atoms with Gasteiger partial charge in [-0.2, -0.15) is 0 Å². The molecule has 1 fully saturated rings. The van der Waals surface area contributed by atoms with E-state index in [-0.39, 0.29) is 11.8 Å². The molecule has 1 aliphatic carbocycles. The summed E-state index contributed by atoms with van der Waals surface area (Å²) in [6, 6.07) is 26.7. The van der Waals surface area contributed by atoms with Crippen LogP contribution in [0, 0.1) is 0 Å². The Kier molecular flexibility index (Phi) is 8.71. The summed E-state index contributed by atoms with van der Waals surface area (Å²) in [5.74, 6) is 1.05. The fourth-order valence-electron chi connectivity index (χ4n) is 5.58. The minimum absolute atomic E-state index is 0.0141. The van der Waals surface area contributed by atoms with Gasteiger partial charge in [0.05, 0.1) is 17.5 Å². The maximum absolute atomic E-state index is 13.2. The molecule has 0 bridgehead atoms. The summed E-state index contributed by atoms with van der Waals surface area (Å²) in [6.45, 7) is 0.869. The number of carbonyl (C=O) groups is 2. The highest BCUT2D eigenvalue weighted by Crippen LogP contribution is 2.23. The van der Waals surface area contributed by atoms with Gasteiger partial charge in [-0.3, -0.25) is 9.59 Å². The van der Waals surface area contributed by atoms with Gasteiger partial charge < -0.3 is 14.8 Å². The number of para-hydroxylation sites is 2. The van der Waals surface area contributed by atoms with Crippen LogP contribution in [0.15, 0.2) is 78.9 Å². The van der Waals surface area contributed by atoms with Crippen molar-refractivity contribution < 1.29 is 9.59 Å². The fourth-order valence-corrected chi connectivity index (χ4v) is 5.58. The molecule has 0 spiro atoms. The molecule has 0 radical (unpaired) electrons. The van der Waals surface area contributed by atoms with Crippen molar-refractivity contribution in [3.8, 4) is 11.1 Å². The topological polar surface area (TPSA) is 67.2 Å². The summed E-state index contributed by atoms with van der Waals surface area (Å²) < 4.78 is 2.06. The molecule has 1 heterocycles. The van der Waals surface area contributed by atoms with E-state index >= 15 is 0 Å². The van der Waals surface area contributed by atoms with E-state index in [1.165, 1.54) is 24.8 Å². The van der Waals surface area contributed by atoms with Gasteiger partial charge in [-0.25, -0.2) is 4.98 Å². The van der Waals surface area contributed by atoms with Crippen molar-refractivity contribution in [1.82, 2.24) is 19.8 Å². The van der Waals surface area contributed by atoms with E-state index in [2.05, 4.69) is 34.1 Å². The van der Waals surface area contributed by atoms with Crippen molar-refractivity contribution in [3.05, 3.63) is 90.3 Å². The molecular formula is C33H38N4O2. The quantitative estimate of drug-likeness (QED) is 0.268. The van der Waals surface area contributed by atoms with Crippen molar-refractivity contribution in [2.24, 2.45) is 0 Å². The second-order valence-corrected chi connectivity index (χ2v) is 10.6. The smallest absolute Gasteiger partial charge is 0.242 e. The van der Waals surface area contributed by atoms with E-state index in [4.69, 9.17) is 4.98 Å². The molecule has 6 heteroatoms. The molecule has 3 aromatic carbocycles. The Morgan fingerprint density at radius 1 is 0.897 bits per heavy atom. The average molecular weight is 523 g/mol. The summed E-state index contributed by atoms with van der Waals surface area (Å²) in [6.07, 6.45) is 7.67. The Balaban J connectivity index is 1.15. The van der Waals surface area contributed by atoms with E-state index in [0.717, 1.165) is 47.2 Å². The summed E-state index contributed by atoms with van der Waals surface area (Å²) in [7, 11) is 1.95. The second-order valence-electron chi connectivity index (χ2n) is 10.6. The number of benzene rings is 3. The molecule has 0 saturated heterocycles. The first-order chi connectivity index (χ1) is 19.1. The lowest BCUT2D eigenvalue weighted by Gasteiger charge is -2.31. The highest BCUT2D eigenvalue weighted by Gasteiger charge is 2.23. The predicted molar refractivity (Wildman–Crippen MR) is 156 cm³/mol. The van der Waals surface area contributed by atoms with Gasteiger partial charge in [0.25, 0.3) is 0 Å². The molecule has 1 N–H and O–H groups in total. The first-order valence-electron chi connectivity index (χ1n) is 14.2. The lowest BCUT2D eigenvalue weighted by atomic mass is 9.94. The molecule has 1 aromatic heterocycles. The van der Waals surface area contributed by atoms with Crippen LogP contribution >= 0.6 is 0 Å². The Hall–Kier alpha value is -3.93. The van der Waals surface area contributed by atoms with Crippen LogP contribution in [0.2, 0.25) is 0 Å². The summed E-state index contributed by atoms with van der Waals surface area (Å²) in [5.41, 5.74) is 5.20. The van der Waals surface area contributed by atoms with Crippen molar-refractivity contribution in [1.29, 1.82) is 0 Å². The van der Waals surface area contributed by atoms with E-state index in [9.17, 15) is 9.59 Å². The lowest BCUT2D eigenvalue weighted by Crippen LogP contribution is -2.40. The maximum Gasteiger partial charge on any atom is 0.242 e. The number of nitrogens with one attached hydrogen (secondary N) is 1. The zero-order valence-corrected chi connectivity index (χ0v) is 22.8. The van der Waals surface area contributed by atoms with Crippen LogP contribution in [-0.4, -0.2) is 45.9 Å². The minimum Gasteiger partial charge on any atom is -0.356 e. The van der Waals surface area contributed by atoms with Gasteiger partial charge in [0.2, 0.25) is 11.8 Å². The standard InChI is InChI=1S/C33H38N4O2/c1-36(28-13-6-3-7-14-28)33(39)24-37-30-16-9-8-15-29(30)35-31(37)17-10-22-34-32(38)23-25-18-20-27(21-19-25)26-11-4-2-5-12-26/h2,4-5,8-9,11-12,15-16,18-21,28H,3,6-7,10,13-14,17,22-24H2,1H3,(H,34,38). The number of rotatable bonds is 10. The van der Waals surface area contributed by atoms with Crippen molar-refractivity contribution in [3.63, 3.8) is 0 Å². The van der Waals surface area contributed by atoms with Crippen LogP contribution in [0.1, 0.15) is 49.9 Å². The molecule has 39 heavy (non-hydrogen) atoms. The molecule has 2 amide bonds. The zero-order valence-electron chi connectivity index (χ0n) is 22.8. The third-order valence-corrected chi connectivity index (χ3v) is 7.87. The average Bonchev–Trinajstić information content (AvgIpc) is 3.33. The van der Waals surface area contributed by atoms with E-state index < -0.39 is 0 Å². The molecule has 6 nitrogen and oxygen atoms in total. The second kappa shape index (κ2) is 12.7. The van der Waals surface area contributed by atoms with Crippen LogP contribution in [0.4, 0.5) is 0 Å². The number of nitrogens with zero attached hydrogens (tertiary/aromatic N) is 3. The Labute approximate surface area is 231 Å². The molecule has 1 saturated carbocycles. The van der Waals surface area contributed by atoms with Gasteiger partial charge >= 0.3 is 0 Å². The van der Waals surface area contributed by atoms with Crippen LogP contribution in [0.5, 0.6) is 0 Å². The molecule has 0 aliphatic heterocycles. The van der Waals surface area contributed by atoms with Gasteiger partial charge in [0, 0.05) is 26.1 Å². The first kappa shape index (κ1) is 26.7. The number of hydrogen-bond acceptors (Lipinski definition) is 3. The number of carbonyl (C=O) groups excluding carboxylic acids is 2. The summed E-state index contributed by atoms with van der Waals surface area (Å²) in [4.78, 5) is 32.6. The zero-order chi connectivity index (χ0) is 27.0. The first-order valence-corrected chi connectivity index (χ1v) is 14.2. The molecule has 1 aliphatic rings. The SMILES string of the molecule is CN(C(=O)Cn1c(CCCNC(=O)Cc2ccc(-c3ccccc3)cc2)nc2ccccc21)C1CCCCC1. The minimum atomic E-state index is 0.0141. The Morgan fingerprint density at radius 3 is 2.36 bits per heavy atom. The van der Waals surface area contributed by atoms with E-state index in [1.54, 1.807) is 0 Å². The van der Waals surface area contributed by atoms with Crippen molar-refractivity contribution in [2.75, 3.05) is 13.6 Å². The number of aromatic nitrogens is 2. The van der Waals surface area contributed by atoms with Gasteiger partial charge in [0.15, 0.2) is 0 Å². The van der Waals surface area contributed by atoms with Crippen LogP contribution in [-0.2, 0) is 29.0 Å². The van der Waals surface area contributed by atoms with Gasteiger partial charge in [-0.15, -0.1) is 0 Å². The maximum atomic E-state index is 13.2. The highest BCUT2D eigenvalue weighted by atomic mass is 16.2. The van der Waals surface area contributed by atoms with Crippen LogP contribution < -0.4 is 5.32 Å². The van der Waals surface area contributed by atoms with Crippen LogP contribution in [0.3, 0.4) is 0 Å². The monoisotopic (exact) mass is 522 g/mol. The normalized spacial score (nSPS) is 13.9. The Morgan fingerprint density at radius 2 is 1.59 bits per heavy atom. The third kappa shape index (κ3) is 6.75. The molecule has 0 unspecified atom stereocenters. The number of fused-ring (bicyclic) bond motifs is 1. The molecule has 5 rings (SSSR count). The molecule has 4 aromatic rings. The summed E-state index contributed by atoms with van der Waals surface area (Å²) in [5, 5.41) is 3.05. The molecule has 202 valence electrons. The number of likely N-dealkylation sites (N-methyl/N-ethyl adjacent to an activating group) is 1. The molecule has 0 atom stereocenters. The van der Waals surface area contributed by atoms with Gasteiger partial charge in [-0.1, -0.05) is 86.0 Å². The van der Waals surface area contributed by atoms with E-state index in [0.29, 0.717) is 32.0 Å². The Bertz CT molecular complexity index is 1390. The predicted octanol–water partition coefficient (Wildman–Crippen LogP) is 5.79. The number of aryl methyl sites for hydroxylation is 1. The number of amides is 2. The van der Waals surface area contributed by atoms with Crippen LogP contribution in [0.25, 0.3) is 22.2 Å². The number of hydrogen-bond donors (Lipinski definition) is 1. The van der Waals surface area contributed by atoms with Crippen molar-refractivity contribution in [2.45, 2.75) is 64.0 Å². The largest absolute Gasteiger partial charge is 0.356 e. The molecular weight excluding hydrogens is 484 g/mol. The fraction of sp³-hybridized carbons (Fsp3) is 0.364. The van der Waals surface area contributed by atoms with Gasteiger partial charge in [0.1, 0.15) is 12.4 Å². The third-order valence-electron chi connectivity index (χ3n) is 7.87. The number of imidazole rings is 1. The van der Waals surface area contributed by atoms with E-state index in [1.807, 2.05) is 66.5 Å². The highest BCUT2D eigenvalue weighted by molar-refractivity contribution is 5.81.